The molecule has 6 heteroatoms. The minimum absolute atomic E-state index is 0.217. The maximum atomic E-state index is 12.1. The molecule has 2 aliphatic rings. The summed E-state index contributed by atoms with van der Waals surface area (Å²) in [6, 6.07) is 3.44. The number of nitrogens with two attached hydrogens (primary N) is 1. The molecule has 0 unspecified atom stereocenters. The zero-order valence-corrected chi connectivity index (χ0v) is 12.0. The lowest BCUT2D eigenvalue weighted by molar-refractivity contribution is 0.172. The number of carbonyl (C=O) groups is 1. The first-order valence-electron chi connectivity index (χ1n) is 7.49. The van der Waals surface area contributed by atoms with Gasteiger partial charge in [0, 0.05) is 18.2 Å². The van der Waals surface area contributed by atoms with Gasteiger partial charge in [-0.3, -0.25) is 0 Å². The molecule has 1 aliphatic carbocycles. The number of carbonyl (C=O) groups excluding carboxylic acids is 1. The van der Waals surface area contributed by atoms with Crippen molar-refractivity contribution in [1.29, 1.82) is 0 Å². The smallest absolute Gasteiger partial charge is 0.319 e. The largest absolute Gasteiger partial charge is 0.486 e. The molecule has 1 fully saturated rings. The van der Waals surface area contributed by atoms with E-state index >= 15 is 0 Å². The Labute approximate surface area is 124 Å². The number of amides is 2. The topological polar surface area (TPSA) is 85.6 Å². The van der Waals surface area contributed by atoms with Crippen LogP contribution in [0.25, 0.3) is 0 Å². The van der Waals surface area contributed by atoms with E-state index in [0.29, 0.717) is 36.1 Å². The maximum absolute atomic E-state index is 12.1. The number of ether oxygens (including phenoxy) is 2. The molecule has 0 spiro atoms. The van der Waals surface area contributed by atoms with Crippen molar-refractivity contribution in [2.45, 2.75) is 38.1 Å². The van der Waals surface area contributed by atoms with Crippen LogP contribution in [0.1, 0.15) is 32.1 Å². The van der Waals surface area contributed by atoms with Crippen LogP contribution in [0.3, 0.4) is 0 Å². The fraction of sp³-hybridized carbons (Fsp3) is 0.533. The summed E-state index contributed by atoms with van der Waals surface area (Å²) in [4.78, 5) is 12.1. The molecule has 0 bridgehead atoms. The highest BCUT2D eigenvalue weighted by Crippen LogP contribution is 2.36. The molecule has 1 aromatic carbocycles. The van der Waals surface area contributed by atoms with Crippen LogP contribution in [0, 0.1) is 0 Å². The summed E-state index contributed by atoms with van der Waals surface area (Å²) in [5, 5.41) is 5.79. The second kappa shape index (κ2) is 6.11. The van der Waals surface area contributed by atoms with E-state index in [1.807, 2.05) is 0 Å². The standard InChI is InChI=1S/C15H21N3O3/c16-11-8-13-14(21-7-6-20-13)9-12(11)18-15(19)17-10-4-2-1-3-5-10/h8-10H,1-7,16H2,(H2,17,18,19). The van der Waals surface area contributed by atoms with Crippen LogP contribution in [0.15, 0.2) is 12.1 Å². The Balaban J connectivity index is 1.65. The molecule has 1 heterocycles. The van der Waals surface area contributed by atoms with E-state index in [4.69, 9.17) is 15.2 Å². The van der Waals surface area contributed by atoms with Crippen molar-refractivity contribution in [3.63, 3.8) is 0 Å². The third kappa shape index (κ3) is 3.32. The van der Waals surface area contributed by atoms with E-state index in [0.717, 1.165) is 12.8 Å². The zero-order valence-electron chi connectivity index (χ0n) is 12.0. The fourth-order valence-electron chi connectivity index (χ4n) is 2.80. The number of fused-ring (bicyclic) bond motifs is 1. The normalized spacial score (nSPS) is 18.1. The predicted octanol–water partition coefficient (Wildman–Crippen LogP) is 2.49. The van der Waals surface area contributed by atoms with E-state index in [2.05, 4.69) is 10.6 Å². The van der Waals surface area contributed by atoms with Crippen LogP contribution in [-0.4, -0.2) is 25.3 Å². The van der Waals surface area contributed by atoms with Crippen molar-refractivity contribution in [3.8, 4) is 11.5 Å². The van der Waals surface area contributed by atoms with Gasteiger partial charge in [-0.05, 0) is 12.8 Å². The Morgan fingerprint density at radius 3 is 2.48 bits per heavy atom. The van der Waals surface area contributed by atoms with Gasteiger partial charge in [0.05, 0.1) is 11.4 Å². The molecule has 1 aromatic rings. The molecule has 2 amide bonds. The fourth-order valence-corrected chi connectivity index (χ4v) is 2.80. The van der Waals surface area contributed by atoms with Crippen LogP contribution in [0.2, 0.25) is 0 Å². The van der Waals surface area contributed by atoms with Gasteiger partial charge in [0.1, 0.15) is 13.2 Å². The summed E-state index contributed by atoms with van der Waals surface area (Å²) in [5.74, 6) is 1.24. The average molecular weight is 291 g/mol. The van der Waals surface area contributed by atoms with E-state index < -0.39 is 0 Å². The summed E-state index contributed by atoms with van der Waals surface area (Å²) in [5.41, 5.74) is 6.97. The maximum Gasteiger partial charge on any atom is 0.319 e. The summed E-state index contributed by atoms with van der Waals surface area (Å²) in [7, 11) is 0. The monoisotopic (exact) mass is 291 g/mol. The SMILES string of the molecule is Nc1cc2c(cc1NC(=O)NC1CCCCC1)OCCO2. The van der Waals surface area contributed by atoms with Gasteiger partial charge in [0.25, 0.3) is 0 Å². The Kier molecular flexibility index (Phi) is 4.03. The van der Waals surface area contributed by atoms with Gasteiger partial charge in [-0.1, -0.05) is 19.3 Å². The Morgan fingerprint density at radius 1 is 1.10 bits per heavy atom. The van der Waals surface area contributed by atoms with Gasteiger partial charge in [-0.15, -0.1) is 0 Å². The van der Waals surface area contributed by atoms with E-state index in [1.54, 1.807) is 12.1 Å². The van der Waals surface area contributed by atoms with Crippen LogP contribution in [0.5, 0.6) is 11.5 Å². The molecule has 0 atom stereocenters. The van der Waals surface area contributed by atoms with Gasteiger partial charge in [-0.2, -0.15) is 0 Å². The molecule has 21 heavy (non-hydrogen) atoms. The number of nitrogen functional groups attached to an aromatic ring is 1. The molecule has 3 rings (SSSR count). The second-order valence-corrected chi connectivity index (χ2v) is 5.52. The first-order chi connectivity index (χ1) is 10.2. The highest BCUT2D eigenvalue weighted by molar-refractivity contribution is 5.93. The van der Waals surface area contributed by atoms with E-state index in [9.17, 15) is 4.79 Å². The van der Waals surface area contributed by atoms with Crippen molar-refractivity contribution in [2.24, 2.45) is 0 Å². The van der Waals surface area contributed by atoms with Crippen molar-refractivity contribution >= 4 is 17.4 Å². The van der Waals surface area contributed by atoms with Gasteiger partial charge in [0.2, 0.25) is 0 Å². The third-order valence-electron chi connectivity index (χ3n) is 3.90. The number of hydrogen-bond acceptors (Lipinski definition) is 4. The van der Waals surface area contributed by atoms with Crippen LogP contribution < -0.4 is 25.8 Å². The zero-order chi connectivity index (χ0) is 14.7. The average Bonchev–Trinajstić information content (AvgIpc) is 2.49. The molecule has 4 N–H and O–H groups in total. The van der Waals surface area contributed by atoms with E-state index in [-0.39, 0.29) is 12.1 Å². The van der Waals surface area contributed by atoms with Crippen LogP contribution in [-0.2, 0) is 0 Å². The van der Waals surface area contributed by atoms with Crippen molar-refractivity contribution in [1.82, 2.24) is 5.32 Å². The number of benzene rings is 1. The summed E-state index contributed by atoms with van der Waals surface area (Å²) in [6.45, 7) is 1.02. The first-order valence-corrected chi connectivity index (χ1v) is 7.49. The van der Waals surface area contributed by atoms with E-state index in [1.165, 1.54) is 19.3 Å². The molecule has 1 saturated carbocycles. The molecule has 1 aliphatic heterocycles. The predicted molar refractivity (Wildman–Crippen MR) is 80.9 cm³/mol. The summed E-state index contributed by atoms with van der Waals surface area (Å²) >= 11 is 0. The molecule has 6 nitrogen and oxygen atoms in total. The third-order valence-corrected chi connectivity index (χ3v) is 3.90. The number of nitrogens with one attached hydrogen (secondary N) is 2. The Bertz CT molecular complexity index is 527. The summed E-state index contributed by atoms with van der Waals surface area (Å²) in [6.07, 6.45) is 5.71. The van der Waals surface area contributed by atoms with Crippen molar-refractivity contribution in [3.05, 3.63) is 12.1 Å². The highest BCUT2D eigenvalue weighted by atomic mass is 16.6. The molecule has 0 radical (unpaired) electrons. The van der Waals surface area contributed by atoms with Gasteiger partial charge >= 0.3 is 6.03 Å². The van der Waals surface area contributed by atoms with Crippen molar-refractivity contribution in [2.75, 3.05) is 24.3 Å². The second-order valence-electron chi connectivity index (χ2n) is 5.52. The number of anilines is 2. The molecule has 114 valence electrons. The number of urea groups is 1. The highest BCUT2D eigenvalue weighted by Gasteiger charge is 2.18. The molecular weight excluding hydrogens is 270 g/mol. The minimum Gasteiger partial charge on any atom is -0.486 e. The summed E-state index contributed by atoms with van der Waals surface area (Å²) < 4.78 is 11.0. The minimum atomic E-state index is -0.217. The lowest BCUT2D eigenvalue weighted by Gasteiger charge is -2.24. The van der Waals surface area contributed by atoms with Gasteiger partial charge < -0.3 is 25.8 Å². The number of rotatable bonds is 2. The first kappa shape index (κ1) is 13.9. The number of hydrogen-bond donors (Lipinski definition) is 3. The van der Waals surface area contributed by atoms with Crippen LogP contribution in [0.4, 0.5) is 16.2 Å². The van der Waals surface area contributed by atoms with Gasteiger partial charge in [0.15, 0.2) is 11.5 Å². The molecule has 0 saturated heterocycles. The van der Waals surface area contributed by atoms with Crippen LogP contribution >= 0.6 is 0 Å². The lowest BCUT2D eigenvalue weighted by atomic mass is 9.96. The Hall–Kier alpha value is -2.11. The van der Waals surface area contributed by atoms with Gasteiger partial charge in [-0.25, -0.2) is 4.79 Å². The molecule has 0 aromatic heterocycles. The molecular formula is C15H21N3O3. The van der Waals surface area contributed by atoms with Crippen molar-refractivity contribution < 1.29 is 14.3 Å². The quantitative estimate of drug-likeness (QED) is 0.731. The Morgan fingerprint density at radius 2 is 1.76 bits per heavy atom. The lowest BCUT2D eigenvalue weighted by Crippen LogP contribution is -2.39.